The molecule has 1 saturated carbocycles. The van der Waals surface area contributed by atoms with Gasteiger partial charge >= 0.3 is 11.9 Å². The van der Waals surface area contributed by atoms with Gasteiger partial charge in [0.25, 0.3) is 13.7 Å². The molecular weight excluding hydrogens is 515 g/mol. The van der Waals surface area contributed by atoms with Crippen LogP contribution in [0.4, 0.5) is 5.95 Å². The van der Waals surface area contributed by atoms with E-state index in [1.165, 1.54) is 13.3 Å². The van der Waals surface area contributed by atoms with Gasteiger partial charge in [0.05, 0.1) is 18.6 Å². The third kappa shape index (κ3) is 7.75. The Hall–Kier alpha value is -3.02. The van der Waals surface area contributed by atoms with E-state index in [-0.39, 0.29) is 30.3 Å². The van der Waals surface area contributed by atoms with Crippen molar-refractivity contribution in [3.63, 3.8) is 0 Å². The zero-order valence-electron chi connectivity index (χ0n) is 22.2. The average molecular weight is 553 g/mol. The first kappa shape index (κ1) is 29.5. The van der Waals surface area contributed by atoms with Crippen molar-refractivity contribution in [3.8, 4) is 0 Å². The predicted molar refractivity (Wildman–Crippen MR) is 142 cm³/mol. The number of imidazole rings is 1. The van der Waals surface area contributed by atoms with Gasteiger partial charge in [-0.1, -0.05) is 26.7 Å². The van der Waals surface area contributed by atoms with Crippen molar-refractivity contribution < 1.29 is 28.2 Å². The number of rotatable bonds is 15. The molecule has 3 atom stereocenters. The topological polar surface area (TPSA) is 181 Å². The van der Waals surface area contributed by atoms with E-state index in [9.17, 15) is 18.9 Å². The van der Waals surface area contributed by atoms with Crippen molar-refractivity contribution in [2.45, 2.75) is 65.8 Å². The molecule has 2 aromatic heterocycles. The molecule has 0 aliphatic heterocycles. The summed E-state index contributed by atoms with van der Waals surface area (Å²) in [5.74, 6) is -0.680. The van der Waals surface area contributed by atoms with Gasteiger partial charge in [-0.2, -0.15) is 4.98 Å². The van der Waals surface area contributed by atoms with Crippen LogP contribution in [0.25, 0.3) is 17.4 Å². The molecule has 2 heterocycles. The van der Waals surface area contributed by atoms with Gasteiger partial charge in [-0.3, -0.25) is 28.5 Å². The van der Waals surface area contributed by atoms with Crippen LogP contribution in [0.5, 0.6) is 0 Å². The molecule has 0 amide bonds. The third-order valence-electron chi connectivity index (χ3n) is 6.40. The highest BCUT2D eigenvalue weighted by atomic mass is 31.1. The summed E-state index contributed by atoms with van der Waals surface area (Å²) in [6.45, 7) is 7.40. The molecule has 1 aliphatic rings. The second-order valence-corrected chi connectivity index (χ2v) is 10.8. The number of carbonyl (C=O) groups excluding carboxylic acids is 2. The molecule has 1 unspecified atom stereocenters. The molecule has 2 aromatic rings. The summed E-state index contributed by atoms with van der Waals surface area (Å²) in [6.07, 6.45) is 7.63. The smallest absolute Gasteiger partial charge is 0.323 e. The number of hydrogen-bond donors (Lipinski definition) is 3. The van der Waals surface area contributed by atoms with E-state index in [1.54, 1.807) is 17.7 Å². The van der Waals surface area contributed by atoms with E-state index >= 15 is 0 Å². The number of nitrogen functional groups attached to an aromatic ring is 1. The van der Waals surface area contributed by atoms with Crippen LogP contribution in [-0.2, 0) is 28.2 Å². The Bertz CT molecular complexity index is 1250. The van der Waals surface area contributed by atoms with Crippen molar-refractivity contribution in [2.24, 2.45) is 11.3 Å². The van der Waals surface area contributed by atoms with E-state index in [4.69, 9.17) is 19.7 Å². The molecule has 14 heteroatoms. The normalized spacial score (nSPS) is 19.6. The average Bonchev–Trinajstić information content (AvgIpc) is 3.39. The maximum Gasteiger partial charge on any atom is 0.323 e. The first-order valence-electron chi connectivity index (χ1n) is 12.7. The minimum absolute atomic E-state index is 0.0138. The third-order valence-corrected chi connectivity index (χ3v) is 7.48. The molecule has 1 aliphatic carbocycles. The maximum absolute atomic E-state index is 12.6. The van der Waals surface area contributed by atoms with Gasteiger partial charge < -0.3 is 19.7 Å². The Morgan fingerprint density at radius 1 is 1.29 bits per heavy atom. The Morgan fingerprint density at radius 3 is 2.66 bits per heavy atom. The van der Waals surface area contributed by atoms with E-state index in [0.717, 1.165) is 31.3 Å². The number of esters is 2. The number of nitrogens with two attached hydrogens (primary N) is 1. The zero-order chi connectivity index (χ0) is 27.9. The second-order valence-electron chi connectivity index (χ2n) is 9.68. The van der Waals surface area contributed by atoms with Crippen molar-refractivity contribution in [1.29, 1.82) is 0 Å². The van der Waals surface area contributed by atoms with Crippen LogP contribution in [0.15, 0.2) is 16.7 Å². The molecule has 0 radical (unpaired) electrons. The predicted octanol–water partition coefficient (Wildman–Crippen LogP) is 2.64. The van der Waals surface area contributed by atoms with Crippen LogP contribution >= 0.6 is 8.18 Å². The first-order valence-corrected chi connectivity index (χ1v) is 14.1. The van der Waals surface area contributed by atoms with Gasteiger partial charge in [0.2, 0.25) is 5.95 Å². The summed E-state index contributed by atoms with van der Waals surface area (Å²) in [5.41, 5.74) is 5.71. The molecule has 1 fully saturated rings. The van der Waals surface area contributed by atoms with Gasteiger partial charge in [-0.15, -0.1) is 0 Å². The minimum atomic E-state index is -2.81. The van der Waals surface area contributed by atoms with E-state index in [1.807, 2.05) is 0 Å². The number of aromatic amines is 1. The lowest BCUT2D eigenvalue weighted by Gasteiger charge is -2.19. The van der Waals surface area contributed by atoms with E-state index < -0.39 is 37.1 Å². The number of hydrogen-bond acceptors (Lipinski definition) is 10. The molecule has 0 spiro atoms. The van der Waals surface area contributed by atoms with Crippen molar-refractivity contribution in [2.75, 3.05) is 25.6 Å². The maximum atomic E-state index is 12.6. The number of nitrogens with zero attached hydrogens (tertiary/aromatic N) is 3. The summed E-state index contributed by atoms with van der Waals surface area (Å²) in [4.78, 5) is 46.5. The van der Waals surface area contributed by atoms with Gasteiger partial charge in [-0.05, 0) is 37.7 Å². The molecule has 4 N–H and O–H groups in total. The van der Waals surface area contributed by atoms with Crippen LogP contribution < -0.4 is 16.4 Å². The number of anilines is 1. The lowest BCUT2D eigenvalue weighted by Crippen LogP contribution is -2.32. The summed E-state index contributed by atoms with van der Waals surface area (Å²) < 4.78 is 30.4. The highest BCUT2D eigenvalue weighted by molar-refractivity contribution is 7.36. The molecule has 210 valence electrons. The van der Waals surface area contributed by atoms with Crippen LogP contribution in [-0.4, -0.2) is 57.3 Å². The van der Waals surface area contributed by atoms with Crippen LogP contribution in [0.3, 0.4) is 0 Å². The van der Waals surface area contributed by atoms with Gasteiger partial charge in [0, 0.05) is 13.1 Å². The van der Waals surface area contributed by atoms with Gasteiger partial charge in [0.15, 0.2) is 11.2 Å². The largest absolute Gasteiger partial charge is 0.465 e. The second kappa shape index (κ2) is 13.2. The summed E-state index contributed by atoms with van der Waals surface area (Å²) in [6, 6.07) is -0.809. The molecule has 3 rings (SSSR count). The first-order chi connectivity index (χ1) is 18.1. The fourth-order valence-corrected chi connectivity index (χ4v) is 5.17. The summed E-state index contributed by atoms with van der Waals surface area (Å²) in [5, 5.41) is 2.67. The van der Waals surface area contributed by atoms with E-state index in [0.29, 0.717) is 18.9 Å². The molecular formula is C24H37N6O7P. The van der Waals surface area contributed by atoms with Crippen LogP contribution in [0, 0.1) is 11.3 Å². The Labute approximate surface area is 221 Å². The number of nitrogens with one attached hydrogen (secondary N) is 2. The Balaban J connectivity index is 1.61. The quantitative estimate of drug-likeness (QED) is 0.218. The Morgan fingerprint density at radius 2 is 2.00 bits per heavy atom. The van der Waals surface area contributed by atoms with Crippen molar-refractivity contribution >= 4 is 43.4 Å². The van der Waals surface area contributed by atoms with E-state index in [2.05, 4.69) is 33.9 Å². The number of aromatic nitrogens is 4. The standard InChI is InChI=1S/C24H37N6O7P/c1-5-7-17(8-6-2)11-35-22(33)15(3)29-38(34)37-13-24(12-36-16(4)31)9-18(24)10-30-14-26-19-20(30)27-23(25)28-21(19)32/h10,14-15,17,38H,5-9,11-13H2,1-4H3,(H,29,34)(H3,25,27,28,32)/b18-10-/t15-,24-/m0/s1. The summed E-state index contributed by atoms with van der Waals surface area (Å²) in [7, 11) is -2.81. The molecule has 0 aromatic carbocycles. The fraction of sp³-hybridized carbons (Fsp3) is 0.625. The van der Waals surface area contributed by atoms with Crippen LogP contribution in [0.1, 0.15) is 59.8 Å². The molecule has 13 nitrogen and oxygen atoms in total. The molecule has 38 heavy (non-hydrogen) atoms. The van der Waals surface area contributed by atoms with Gasteiger partial charge in [0.1, 0.15) is 19.0 Å². The monoisotopic (exact) mass is 552 g/mol. The SMILES string of the molecule is CCCC(CCC)COC(=O)[C@H](C)N[PH](=O)OC[C@@]1(COC(C)=O)C/C1=C/n1cnc2c(=O)[nH]c(N)nc21. The highest BCUT2D eigenvalue weighted by Gasteiger charge is 2.51. The summed E-state index contributed by atoms with van der Waals surface area (Å²) >= 11 is 0. The number of H-pyrrole nitrogens is 1. The Kier molecular flexibility index (Phi) is 10.2. The van der Waals surface area contributed by atoms with Crippen molar-refractivity contribution in [1.82, 2.24) is 24.6 Å². The minimum Gasteiger partial charge on any atom is -0.465 e. The molecule has 0 saturated heterocycles. The molecule has 0 bridgehead atoms. The lowest BCUT2D eigenvalue weighted by molar-refractivity contribution is -0.147. The number of ether oxygens (including phenoxy) is 2. The van der Waals surface area contributed by atoms with Gasteiger partial charge in [-0.25, -0.2) is 10.1 Å². The lowest BCUT2D eigenvalue weighted by atomic mass is 9.99. The highest BCUT2D eigenvalue weighted by Crippen LogP contribution is 2.54. The number of carbonyl (C=O) groups is 2. The van der Waals surface area contributed by atoms with Crippen LogP contribution in [0.2, 0.25) is 0 Å². The fourth-order valence-electron chi connectivity index (χ4n) is 4.21. The van der Waals surface area contributed by atoms with Crippen molar-refractivity contribution in [3.05, 3.63) is 22.3 Å². The number of fused-ring (bicyclic) bond motifs is 1. The zero-order valence-corrected chi connectivity index (χ0v) is 23.2.